The topological polar surface area (TPSA) is 109 Å². The van der Waals surface area contributed by atoms with E-state index >= 15 is 0 Å². The van der Waals surface area contributed by atoms with E-state index in [1.807, 2.05) is 12.1 Å². The first-order valence-corrected chi connectivity index (χ1v) is 16.9. The highest BCUT2D eigenvalue weighted by atomic mass is 32.2. The van der Waals surface area contributed by atoms with Crippen LogP contribution in [0.4, 0.5) is 28.9 Å². The molecule has 0 spiro atoms. The normalized spacial score (nSPS) is 27.1. The van der Waals surface area contributed by atoms with Crippen LogP contribution in [-0.2, 0) is 20.6 Å². The van der Waals surface area contributed by atoms with Gasteiger partial charge in [-0.2, -0.15) is 13.2 Å². The number of amides is 3. The highest BCUT2D eigenvalue weighted by Crippen LogP contribution is 2.68. The van der Waals surface area contributed by atoms with Gasteiger partial charge in [0.2, 0.25) is 11.8 Å². The molecule has 14 heteroatoms. The molecule has 2 aliphatic heterocycles. The lowest BCUT2D eigenvalue weighted by Gasteiger charge is -2.43. The van der Waals surface area contributed by atoms with Crippen LogP contribution < -0.4 is 19.8 Å². The van der Waals surface area contributed by atoms with Gasteiger partial charge in [-0.15, -0.1) is 11.8 Å². The third-order valence-electron chi connectivity index (χ3n) is 9.89. The Morgan fingerprint density at radius 3 is 2.38 bits per heavy atom. The number of aromatic nitrogens is 1. The van der Waals surface area contributed by atoms with Gasteiger partial charge in [-0.1, -0.05) is 29.5 Å². The predicted octanol–water partition coefficient (Wildman–Crippen LogP) is 6.29. The van der Waals surface area contributed by atoms with Gasteiger partial charge in [-0.3, -0.25) is 24.1 Å². The third-order valence-corrected chi connectivity index (χ3v) is 12.5. The maximum absolute atomic E-state index is 13.9. The van der Waals surface area contributed by atoms with Crippen molar-refractivity contribution in [3.8, 4) is 5.75 Å². The Morgan fingerprint density at radius 1 is 0.958 bits per heavy atom. The van der Waals surface area contributed by atoms with Crippen molar-refractivity contribution in [1.82, 2.24) is 4.98 Å². The van der Waals surface area contributed by atoms with Gasteiger partial charge in [-0.25, -0.2) is 4.39 Å². The quantitative estimate of drug-likeness (QED) is 0.181. The SMILES string of the molecule is O=C(COc1ccc([C@H]2c3sc(=O)[nH]c3SC3C2[C@H]2C[C@@H]3C3C(=O)N(c4cccc(C(F)(F)F)c4)C(=O)C32)cc1)Nc1ccc(F)cc1. The van der Waals surface area contributed by atoms with E-state index in [0.717, 1.165) is 43.8 Å². The molecule has 2 bridgehead atoms. The second-order valence-corrected chi connectivity index (χ2v) is 14.6. The number of carbonyl (C=O) groups excluding carboxylic acids is 3. The molecule has 3 amide bonds. The standard InChI is InChI=1S/C34H25F4N3O5S2/c35-17-6-8-18(9-7-17)39-23(42)14-46-20-10-4-15(5-11-20)24-25-21-13-22(28(25)47-30-29(24)48-33(45)40-30)27-26(21)31(43)41(32(27)44)19-3-1-2-16(12-19)34(36,37)38/h1-12,21-22,24-28H,13-14H2,(H,39,42)(H,40,45)/t21-,22-,24-,25?,26?,27?,28?/m1/s1. The number of H-pyrrole nitrogens is 1. The van der Waals surface area contributed by atoms with Gasteiger partial charge in [0.05, 0.1) is 28.1 Å². The van der Waals surface area contributed by atoms with E-state index < -0.39 is 47.1 Å². The monoisotopic (exact) mass is 695 g/mol. The molecular weight excluding hydrogens is 671 g/mol. The zero-order chi connectivity index (χ0) is 33.5. The van der Waals surface area contributed by atoms with Crippen LogP contribution in [0.3, 0.4) is 0 Å². The van der Waals surface area contributed by atoms with Crippen molar-refractivity contribution >= 4 is 52.2 Å². The van der Waals surface area contributed by atoms with E-state index in [1.165, 1.54) is 48.2 Å². The van der Waals surface area contributed by atoms with Crippen molar-refractivity contribution in [3.63, 3.8) is 0 Å². The van der Waals surface area contributed by atoms with Crippen LogP contribution >= 0.6 is 23.1 Å². The molecule has 2 N–H and O–H groups in total. The molecule has 1 aromatic heterocycles. The van der Waals surface area contributed by atoms with E-state index in [9.17, 15) is 36.7 Å². The third kappa shape index (κ3) is 5.04. The molecule has 8 nitrogen and oxygen atoms in total. The summed E-state index contributed by atoms with van der Waals surface area (Å²) in [6.45, 7) is -0.281. The summed E-state index contributed by atoms with van der Waals surface area (Å²) in [5.41, 5.74) is 0.297. The second kappa shape index (κ2) is 11.3. The van der Waals surface area contributed by atoms with E-state index in [0.29, 0.717) is 17.9 Å². The van der Waals surface area contributed by atoms with Crippen molar-refractivity contribution in [2.24, 2.45) is 29.6 Å². The van der Waals surface area contributed by atoms with E-state index in [-0.39, 0.29) is 46.1 Å². The average molecular weight is 696 g/mol. The van der Waals surface area contributed by atoms with Gasteiger partial charge < -0.3 is 15.0 Å². The van der Waals surface area contributed by atoms with Crippen LogP contribution in [0.15, 0.2) is 82.6 Å². The van der Waals surface area contributed by atoms with Crippen LogP contribution in [0.1, 0.15) is 28.3 Å². The number of halogens is 4. The number of nitrogens with zero attached hydrogens (tertiary/aromatic N) is 1. The Labute approximate surface area is 278 Å². The Balaban J connectivity index is 1.05. The number of thiazole rings is 1. The number of benzene rings is 3. The largest absolute Gasteiger partial charge is 0.484 e. The first kappa shape index (κ1) is 30.9. The maximum atomic E-state index is 13.9. The summed E-state index contributed by atoms with van der Waals surface area (Å²) >= 11 is 2.62. The van der Waals surface area contributed by atoms with Gasteiger partial charge in [0.25, 0.3) is 5.91 Å². The van der Waals surface area contributed by atoms with Gasteiger partial charge in [0.15, 0.2) is 6.61 Å². The smallest absolute Gasteiger partial charge is 0.416 e. The molecule has 4 aliphatic rings. The lowest BCUT2D eigenvalue weighted by atomic mass is 9.68. The predicted molar refractivity (Wildman–Crippen MR) is 169 cm³/mol. The van der Waals surface area contributed by atoms with Gasteiger partial charge >= 0.3 is 11.0 Å². The number of alkyl halides is 3. The molecule has 8 rings (SSSR count). The fourth-order valence-corrected chi connectivity index (χ4v) is 11.0. The molecular formula is C34H25F4N3O5S2. The number of thioether (sulfide) groups is 1. The number of hydrogen-bond donors (Lipinski definition) is 2. The van der Waals surface area contributed by atoms with Crippen LogP contribution in [0, 0.1) is 35.4 Å². The summed E-state index contributed by atoms with van der Waals surface area (Å²) in [5.74, 6) is -3.46. The molecule has 3 heterocycles. The van der Waals surface area contributed by atoms with E-state index in [1.54, 1.807) is 12.1 Å². The van der Waals surface area contributed by atoms with Gasteiger partial charge in [-0.05, 0) is 84.3 Å². The summed E-state index contributed by atoms with van der Waals surface area (Å²) in [4.78, 5) is 57.1. The fourth-order valence-electron chi connectivity index (χ4n) is 8.12. The zero-order valence-corrected chi connectivity index (χ0v) is 26.3. The minimum Gasteiger partial charge on any atom is -0.484 e. The average Bonchev–Trinajstić information content (AvgIpc) is 3.80. The maximum Gasteiger partial charge on any atom is 0.416 e. The lowest BCUT2D eigenvalue weighted by Crippen LogP contribution is -2.42. The highest BCUT2D eigenvalue weighted by Gasteiger charge is 2.69. The van der Waals surface area contributed by atoms with Crippen LogP contribution in [0.2, 0.25) is 0 Å². The number of nitrogens with one attached hydrogen (secondary N) is 2. The summed E-state index contributed by atoms with van der Waals surface area (Å²) in [6, 6.07) is 16.8. The second-order valence-electron chi connectivity index (χ2n) is 12.4. The molecule has 2 aliphatic carbocycles. The van der Waals surface area contributed by atoms with Crippen molar-refractivity contribution in [2.75, 3.05) is 16.8 Å². The van der Waals surface area contributed by atoms with Crippen molar-refractivity contribution in [2.45, 2.75) is 28.8 Å². The van der Waals surface area contributed by atoms with Crippen molar-refractivity contribution < 1.29 is 36.7 Å². The first-order chi connectivity index (χ1) is 23.0. The Morgan fingerprint density at radius 2 is 1.67 bits per heavy atom. The molecule has 246 valence electrons. The lowest BCUT2D eigenvalue weighted by molar-refractivity contribution is -0.137. The summed E-state index contributed by atoms with van der Waals surface area (Å²) in [5, 5.41) is 3.27. The molecule has 0 radical (unpaired) electrons. The van der Waals surface area contributed by atoms with Crippen LogP contribution in [0.25, 0.3) is 0 Å². The number of hydrogen-bond acceptors (Lipinski definition) is 7. The van der Waals surface area contributed by atoms with Crippen LogP contribution in [-0.4, -0.2) is 34.6 Å². The number of fused-ring (bicyclic) bond motifs is 9. The molecule has 4 unspecified atom stereocenters. The van der Waals surface area contributed by atoms with Gasteiger partial charge in [0.1, 0.15) is 11.6 Å². The number of aromatic amines is 1. The molecule has 1 saturated heterocycles. The summed E-state index contributed by atoms with van der Waals surface area (Å²) in [6.07, 6.45) is -3.99. The van der Waals surface area contributed by atoms with Gasteiger partial charge in [0, 0.05) is 21.7 Å². The zero-order valence-electron chi connectivity index (χ0n) is 24.7. The molecule has 3 fully saturated rings. The molecule has 4 aromatic rings. The summed E-state index contributed by atoms with van der Waals surface area (Å²) < 4.78 is 59.3. The Kier molecular flexibility index (Phi) is 7.29. The number of anilines is 2. The van der Waals surface area contributed by atoms with Crippen LogP contribution in [0.5, 0.6) is 5.75 Å². The Bertz CT molecular complexity index is 2010. The summed E-state index contributed by atoms with van der Waals surface area (Å²) in [7, 11) is 0. The number of carbonyl (C=O) groups is 3. The van der Waals surface area contributed by atoms with E-state index in [4.69, 9.17) is 4.74 Å². The molecule has 7 atom stereocenters. The minimum atomic E-state index is -4.62. The highest BCUT2D eigenvalue weighted by molar-refractivity contribution is 8.00. The minimum absolute atomic E-state index is 0.0776. The fraction of sp³-hybridized carbons (Fsp3) is 0.294. The number of ether oxygens (including phenoxy) is 1. The molecule has 2 saturated carbocycles. The van der Waals surface area contributed by atoms with Crippen molar-refractivity contribution in [1.29, 1.82) is 0 Å². The molecule has 48 heavy (non-hydrogen) atoms. The molecule has 3 aromatic carbocycles. The van der Waals surface area contributed by atoms with Crippen molar-refractivity contribution in [3.05, 3.63) is 104 Å². The Hall–Kier alpha value is -4.43. The van der Waals surface area contributed by atoms with E-state index in [2.05, 4.69) is 10.3 Å². The first-order valence-electron chi connectivity index (χ1n) is 15.2. The number of imide groups is 1. The number of rotatable bonds is 6.